The topological polar surface area (TPSA) is 107 Å². The predicted molar refractivity (Wildman–Crippen MR) is 141 cm³/mol. The normalized spacial score (nSPS) is 17.5. The summed E-state index contributed by atoms with van der Waals surface area (Å²) in [7, 11) is 2.12. The molecular weight excluding hydrogens is 468 g/mol. The summed E-state index contributed by atoms with van der Waals surface area (Å²) in [4.78, 5) is 22.2. The van der Waals surface area contributed by atoms with E-state index in [9.17, 15) is 4.79 Å². The number of rotatable bonds is 5. The van der Waals surface area contributed by atoms with Gasteiger partial charge in [0.05, 0.1) is 19.4 Å². The van der Waals surface area contributed by atoms with Crippen molar-refractivity contribution in [1.29, 1.82) is 0 Å². The van der Waals surface area contributed by atoms with E-state index in [4.69, 9.17) is 20.6 Å². The van der Waals surface area contributed by atoms with Gasteiger partial charge in [0.25, 0.3) is 5.91 Å². The maximum absolute atomic E-state index is 12.6. The lowest BCUT2D eigenvalue weighted by molar-refractivity contribution is 0.0993. The van der Waals surface area contributed by atoms with Gasteiger partial charge >= 0.3 is 0 Å². The number of primary amides is 1. The number of anilines is 1. The Labute approximate surface area is 215 Å². The molecule has 0 unspecified atom stereocenters. The summed E-state index contributed by atoms with van der Waals surface area (Å²) < 4.78 is 9.20. The fourth-order valence-corrected chi connectivity index (χ4v) is 5.42. The molecule has 2 fully saturated rings. The summed E-state index contributed by atoms with van der Waals surface area (Å²) in [5.74, 6) is 1.18. The van der Waals surface area contributed by atoms with Crippen LogP contribution in [0.2, 0.25) is 0 Å². The molecule has 2 saturated heterocycles. The number of aromatic nitrogens is 5. The first-order valence-corrected chi connectivity index (χ1v) is 12.8. The molecule has 2 aliphatic rings. The van der Waals surface area contributed by atoms with Crippen LogP contribution in [0.25, 0.3) is 22.6 Å². The van der Waals surface area contributed by atoms with Crippen LogP contribution < -0.4 is 10.6 Å². The highest BCUT2D eigenvalue weighted by Crippen LogP contribution is 2.35. The van der Waals surface area contributed by atoms with Gasteiger partial charge in [-0.25, -0.2) is 9.67 Å². The molecule has 0 saturated carbocycles. The molecule has 0 spiro atoms. The van der Waals surface area contributed by atoms with Crippen molar-refractivity contribution in [2.45, 2.75) is 25.7 Å². The standard InChI is InChI=1S/C27H32N8O2/c1-18-4-3-5-20(14-18)21-16-29-34(17-21)22-15-23(33-10-12-37-13-11-33)35-27(30-22)24(25(31-35)26(28)36)19-6-8-32(2)9-7-19/h3-5,14-17,19H,6-13H2,1-2H3,(H2,28,36). The Balaban J connectivity index is 1.52. The molecule has 4 aromatic rings. The first kappa shape index (κ1) is 23.6. The second-order valence-corrected chi connectivity index (χ2v) is 10.1. The Kier molecular flexibility index (Phi) is 6.13. The zero-order valence-corrected chi connectivity index (χ0v) is 21.3. The molecule has 10 nitrogen and oxygen atoms in total. The van der Waals surface area contributed by atoms with Gasteiger partial charge in [-0.1, -0.05) is 29.8 Å². The molecular formula is C27H32N8O2. The van der Waals surface area contributed by atoms with Gasteiger partial charge in [-0.15, -0.1) is 0 Å². The lowest BCUT2D eigenvalue weighted by Gasteiger charge is -2.30. The predicted octanol–water partition coefficient (Wildman–Crippen LogP) is 2.64. The van der Waals surface area contributed by atoms with Gasteiger partial charge in [0.1, 0.15) is 5.82 Å². The van der Waals surface area contributed by atoms with Crippen molar-refractivity contribution < 1.29 is 9.53 Å². The highest BCUT2D eigenvalue weighted by molar-refractivity contribution is 5.94. The minimum atomic E-state index is -0.519. The van der Waals surface area contributed by atoms with Gasteiger partial charge in [0.15, 0.2) is 17.2 Å². The monoisotopic (exact) mass is 500 g/mol. The van der Waals surface area contributed by atoms with Crippen LogP contribution >= 0.6 is 0 Å². The number of morpholine rings is 1. The van der Waals surface area contributed by atoms with Crippen molar-refractivity contribution in [2.75, 3.05) is 51.3 Å². The summed E-state index contributed by atoms with van der Waals surface area (Å²) in [6.07, 6.45) is 5.71. The highest BCUT2D eigenvalue weighted by atomic mass is 16.5. The van der Waals surface area contributed by atoms with Gasteiger partial charge in [-0.3, -0.25) is 4.79 Å². The third-order valence-corrected chi connectivity index (χ3v) is 7.46. The van der Waals surface area contributed by atoms with Crippen molar-refractivity contribution in [3.05, 3.63) is 59.5 Å². The molecule has 2 aliphatic heterocycles. The summed E-state index contributed by atoms with van der Waals surface area (Å²) >= 11 is 0. The SMILES string of the molecule is Cc1cccc(-c2cnn(-c3cc(N4CCOCC4)n4nc(C(N)=O)c(C5CCN(C)CC5)c4n3)c2)c1. The minimum absolute atomic E-state index is 0.164. The first-order chi connectivity index (χ1) is 18.0. The Morgan fingerprint density at radius 1 is 1.08 bits per heavy atom. The molecule has 6 rings (SSSR count). The molecule has 0 radical (unpaired) electrons. The van der Waals surface area contributed by atoms with Crippen LogP contribution in [0.4, 0.5) is 5.82 Å². The zero-order valence-electron chi connectivity index (χ0n) is 21.3. The van der Waals surface area contributed by atoms with Crippen molar-refractivity contribution in [3.63, 3.8) is 0 Å². The Morgan fingerprint density at radius 3 is 2.59 bits per heavy atom. The molecule has 0 aliphatic carbocycles. The number of fused-ring (bicyclic) bond motifs is 1. The summed E-state index contributed by atoms with van der Waals surface area (Å²) in [6, 6.07) is 10.3. The number of hydrogen-bond acceptors (Lipinski definition) is 7. The average molecular weight is 501 g/mol. The van der Waals surface area contributed by atoms with E-state index < -0.39 is 5.91 Å². The lowest BCUT2D eigenvalue weighted by atomic mass is 9.89. The van der Waals surface area contributed by atoms with E-state index in [2.05, 4.69) is 47.1 Å². The van der Waals surface area contributed by atoms with Crippen LogP contribution in [0.5, 0.6) is 0 Å². The molecule has 10 heteroatoms. The van der Waals surface area contributed by atoms with E-state index in [-0.39, 0.29) is 5.92 Å². The van der Waals surface area contributed by atoms with E-state index in [1.54, 1.807) is 9.20 Å². The van der Waals surface area contributed by atoms with Crippen LogP contribution in [0.1, 0.15) is 40.4 Å². The summed E-state index contributed by atoms with van der Waals surface area (Å²) in [5, 5.41) is 9.40. The fourth-order valence-electron chi connectivity index (χ4n) is 5.42. The van der Waals surface area contributed by atoms with Gasteiger partial charge in [-0.05, 0) is 51.4 Å². The second kappa shape index (κ2) is 9.60. The Hall–Kier alpha value is -3.76. The maximum atomic E-state index is 12.6. The molecule has 2 N–H and O–H groups in total. The molecule has 3 aromatic heterocycles. The molecule has 5 heterocycles. The third-order valence-electron chi connectivity index (χ3n) is 7.46. The van der Waals surface area contributed by atoms with Gasteiger partial charge < -0.3 is 20.3 Å². The number of aryl methyl sites for hydroxylation is 1. The quantitative estimate of drug-likeness (QED) is 0.449. The molecule has 1 amide bonds. The molecule has 0 atom stereocenters. The van der Waals surface area contributed by atoms with E-state index >= 15 is 0 Å². The average Bonchev–Trinajstić information content (AvgIpc) is 3.55. The third kappa shape index (κ3) is 4.47. The number of ether oxygens (including phenoxy) is 1. The second-order valence-electron chi connectivity index (χ2n) is 10.1. The van der Waals surface area contributed by atoms with Crippen LogP contribution in [0.3, 0.4) is 0 Å². The van der Waals surface area contributed by atoms with Gasteiger partial charge in [-0.2, -0.15) is 14.7 Å². The summed E-state index contributed by atoms with van der Waals surface area (Å²) in [6.45, 7) is 6.69. The number of hydrogen-bond donors (Lipinski definition) is 1. The van der Waals surface area contributed by atoms with Crippen LogP contribution in [-0.2, 0) is 4.74 Å². The van der Waals surface area contributed by atoms with Crippen molar-refractivity contribution in [1.82, 2.24) is 29.3 Å². The van der Waals surface area contributed by atoms with Gasteiger partial charge in [0, 0.05) is 36.5 Å². The van der Waals surface area contributed by atoms with Crippen LogP contribution in [-0.4, -0.2) is 81.6 Å². The van der Waals surface area contributed by atoms with Crippen molar-refractivity contribution in [3.8, 4) is 16.9 Å². The zero-order chi connectivity index (χ0) is 25.5. The molecule has 1 aromatic carbocycles. The number of amides is 1. The molecule has 37 heavy (non-hydrogen) atoms. The number of nitrogens with zero attached hydrogens (tertiary/aromatic N) is 7. The maximum Gasteiger partial charge on any atom is 0.269 e. The number of piperidine rings is 1. The number of carbonyl (C=O) groups excluding carboxylic acids is 1. The smallest absolute Gasteiger partial charge is 0.269 e. The number of carbonyl (C=O) groups is 1. The highest BCUT2D eigenvalue weighted by Gasteiger charge is 2.30. The Bertz CT molecular complexity index is 1440. The van der Waals surface area contributed by atoms with Crippen LogP contribution in [0.15, 0.2) is 42.7 Å². The summed E-state index contributed by atoms with van der Waals surface area (Å²) in [5.41, 5.74) is 11.0. The van der Waals surface area contributed by atoms with Crippen molar-refractivity contribution >= 4 is 17.4 Å². The lowest BCUT2D eigenvalue weighted by Crippen LogP contribution is -2.37. The van der Waals surface area contributed by atoms with E-state index in [0.717, 1.165) is 61.5 Å². The largest absolute Gasteiger partial charge is 0.378 e. The van der Waals surface area contributed by atoms with E-state index in [1.807, 2.05) is 24.5 Å². The fraction of sp³-hybridized carbons (Fsp3) is 0.407. The first-order valence-electron chi connectivity index (χ1n) is 12.8. The number of nitrogens with two attached hydrogens (primary N) is 1. The van der Waals surface area contributed by atoms with E-state index in [1.165, 1.54) is 5.56 Å². The molecule has 192 valence electrons. The van der Waals surface area contributed by atoms with Crippen molar-refractivity contribution in [2.24, 2.45) is 5.73 Å². The molecule has 0 bridgehead atoms. The number of benzene rings is 1. The minimum Gasteiger partial charge on any atom is -0.378 e. The van der Waals surface area contributed by atoms with Crippen LogP contribution in [0, 0.1) is 6.92 Å². The number of likely N-dealkylation sites (tertiary alicyclic amines) is 1. The Morgan fingerprint density at radius 2 is 1.86 bits per heavy atom. The van der Waals surface area contributed by atoms with E-state index in [0.29, 0.717) is 30.4 Å². The van der Waals surface area contributed by atoms with Gasteiger partial charge in [0.2, 0.25) is 0 Å².